The van der Waals surface area contributed by atoms with E-state index < -0.39 is 12.0 Å². The van der Waals surface area contributed by atoms with Crippen molar-refractivity contribution in [2.24, 2.45) is 11.8 Å². The number of anilines is 1. The van der Waals surface area contributed by atoms with Crippen LogP contribution in [0.2, 0.25) is 0 Å². The number of hydrogen-bond donors (Lipinski definition) is 2. The van der Waals surface area contributed by atoms with E-state index in [9.17, 15) is 8.78 Å². The highest BCUT2D eigenvalue weighted by Gasteiger charge is 2.47. The van der Waals surface area contributed by atoms with E-state index in [1.165, 1.54) is 12.3 Å². The maximum absolute atomic E-state index is 13.5. The van der Waals surface area contributed by atoms with Gasteiger partial charge in [-0.2, -0.15) is 5.48 Å². The van der Waals surface area contributed by atoms with E-state index in [-0.39, 0.29) is 23.4 Å². The molecule has 11 heteroatoms. The zero-order valence-corrected chi connectivity index (χ0v) is 17.5. The van der Waals surface area contributed by atoms with Gasteiger partial charge in [0.15, 0.2) is 23.7 Å². The van der Waals surface area contributed by atoms with Crippen molar-refractivity contribution in [3.05, 3.63) is 29.5 Å². The normalized spacial score (nSPS) is 33.7. The van der Waals surface area contributed by atoms with Crippen molar-refractivity contribution >= 4 is 5.82 Å². The van der Waals surface area contributed by atoms with Crippen LogP contribution in [-0.2, 0) is 15.1 Å². The second-order valence-electron chi connectivity index (χ2n) is 9.28. The minimum atomic E-state index is -2.74. The first-order valence-corrected chi connectivity index (χ1v) is 11.1. The van der Waals surface area contributed by atoms with E-state index in [2.05, 4.69) is 20.3 Å². The SMILES string of the molecule is Nc1ncc(-c2nc(C3OCC4CCN3C4)nc(C34CCC(CON3)C4)n2)cc1C(F)F. The fraction of sp³-hybridized carbons (Fsp3) is 0.619. The molecule has 4 bridgehead atoms. The quantitative estimate of drug-likeness (QED) is 0.732. The summed E-state index contributed by atoms with van der Waals surface area (Å²) >= 11 is 0. The second kappa shape index (κ2) is 7.62. The van der Waals surface area contributed by atoms with Gasteiger partial charge in [-0.05, 0) is 43.6 Å². The van der Waals surface area contributed by atoms with Crippen molar-refractivity contribution in [3.63, 3.8) is 0 Å². The molecular weight excluding hydrogens is 420 g/mol. The molecule has 1 aliphatic carbocycles. The Bertz CT molecular complexity index is 1040. The van der Waals surface area contributed by atoms with Crippen LogP contribution < -0.4 is 11.2 Å². The average molecular weight is 445 g/mol. The third-order valence-corrected chi connectivity index (χ3v) is 7.09. The number of alkyl halides is 2. The van der Waals surface area contributed by atoms with Crippen LogP contribution in [-0.4, -0.2) is 51.1 Å². The van der Waals surface area contributed by atoms with Crippen molar-refractivity contribution in [1.82, 2.24) is 30.3 Å². The summed E-state index contributed by atoms with van der Waals surface area (Å²) in [4.78, 5) is 26.1. The molecule has 2 aromatic rings. The van der Waals surface area contributed by atoms with Gasteiger partial charge >= 0.3 is 0 Å². The molecule has 0 amide bonds. The number of fused-ring (bicyclic) bond motifs is 4. The summed E-state index contributed by atoms with van der Waals surface area (Å²) in [5.74, 6) is 2.11. The van der Waals surface area contributed by atoms with Gasteiger partial charge < -0.3 is 15.3 Å². The molecule has 3 N–H and O–H groups in total. The Labute approximate surface area is 183 Å². The lowest BCUT2D eigenvalue weighted by molar-refractivity contribution is -0.0964. The van der Waals surface area contributed by atoms with Gasteiger partial charge in [-0.3, -0.25) is 4.90 Å². The van der Waals surface area contributed by atoms with Crippen LogP contribution in [0.15, 0.2) is 12.3 Å². The molecule has 32 heavy (non-hydrogen) atoms. The number of nitrogens with two attached hydrogens (primary N) is 1. The van der Waals surface area contributed by atoms with E-state index in [0.717, 1.165) is 38.8 Å². The topological polar surface area (TPSA) is 111 Å². The lowest BCUT2D eigenvalue weighted by atomic mass is 9.95. The number of hydrogen-bond acceptors (Lipinski definition) is 9. The third kappa shape index (κ3) is 3.35. The maximum Gasteiger partial charge on any atom is 0.267 e. The van der Waals surface area contributed by atoms with Gasteiger partial charge in [0.25, 0.3) is 6.43 Å². The minimum absolute atomic E-state index is 0.198. The lowest BCUT2D eigenvalue weighted by Gasteiger charge is -2.34. The molecule has 3 aliphatic heterocycles. The molecule has 5 heterocycles. The summed E-state index contributed by atoms with van der Waals surface area (Å²) in [5, 5.41) is 0. The Hall–Kier alpha value is -2.34. The smallest absolute Gasteiger partial charge is 0.267 e. The fourth-order valence-electron chi connectivity index (χ4n) is 5.35. The van der Waals surface area contributed by atoms with Crippen LogP contribution in [0.5, 0.6) is 0 Å². The second-order valence-corrected chi connectivity index (χ2v) is 9.28. The van der Waals surface area contributed by atoms with E-state index >= 15 is 0 Å². The number of hydroxylamine groups is 1. The highest BCUT2D eigenvalue weighted by atomic mass is 19.3. The Morgan fingerprint density at radius 3 is 2.97 bits per heavy atom. The number of nitrogens with one attached hydrogen (secondary N) is 1. The van der Waals surface area contributed by atoms with Crippen molar-refractivity contribution in [1.29, 1.82) is 0 Å². The van der Waals surface area contributed by atoms with Gasteiger partial charge in [-0.15, -0.1) is 0 Å². The zero-order valence-electron chi connectivity index (χ0n) is 17.5. The van der Waals surface area contributed by atoms with E-state index in [4.69, 9.17) is 25.3 Å². The standard InChI is InChI=1S/C21H25F2N7O2/c22-15(23)14-5-13(7-25-16(14)24)17-26-18(19-30-4-2-12(8-30)9-31-19)28-20(27-17)21-3-1-11(6-21)10-32-29-21/h5,7,11-12,15,19,29H,1-4,6,8-10H2,(H2,24,25). The van der Waals surface area contributed by atoms with Gasteiger partial charge in [-0.1, -0.05) is 0 Å². The summed E-state index contributed by atoms with van der Waals surface area (Å²) in [6, 6.07) is 1.31. The van der Waals surface area contributed by atoms with Gasteiger partial charge in [-0.25, -0.2) is 28.7 Å². The predicted octanol–water partition coefficient (Wildman–Crippen LogP) is 2.33. The van der Waals surface area contributed by atoms with Crippen LogP contribution in [0, 0.1) is 11.8 Å². The molecule has 0 radical (unpaired) electrons. The lowest BCUT2D eigenvalue weighted by Crippen LogP contribution is -2.46. The number of aromatic nitrogens is 4. The van der Waals surface area contributed by atoms with Gasteiger partial charge in [0.1, 0.15) is 11.4 Å². The molecule has 0 spiro atoms. The molecule has 4 aliphatic rings. The summed E-state index contributed by atoms with van der Waals surface area (Å²) in [6.45, 7) is 3.17. The molecule has 2 aromatic heterocycles. The highest BCUT2D eigenvalue weighted by molar-refractivity contribution is 5.59. The first kappa shape index (κ1) is 20.3. The molecular formula is C21H25F2N7O2. The number of pyridine rings is 1. The first-order chi connectivity index (χ1) is 15.5. The Kier molecular flexibility index (Phi) is 4.83. The monoisotopic (exact) mass is 445 g/mol. The van der Waals surface area contributed by atoms with E-state index in [1.807, 2.05) is 0 Å². The van der Waals surface area contributed by atoms with Gasteiger partial charge in [0, 0.05) is 24.8 Å². The van der Waals surface area contributed by atoms with Gasteiger partial charge in [0.2, 0.25) is 0 Å². The number of ether oxygens (including phenoxy) is 1. The number of nitrogen functional groups attached to an aromatic ring is 1. The Balaban J connectivity index is 1.46. The molecule has 170 valence electrons. The van der Waals surface area contributed by atoms with Crippen molar-refractivity contribution in [2.45, 2.75) is 43.9 Å². The molecule has 9 nitrogen and oxygen atoms in total. The zero-order chi connectivity index (χ0) is 21.9. The first-order valence-electron chi connectivity index (χ1n) is 11.1. The van der Waals surface area contributed by atoms with Crippen molar-refractivity contribution < 1.29 is 18.4 Å². The Morgan fingerprint density at radius 2 is 2.09 bits per heavy atom. The number of nitrogens with zero attached hydrogens (tertiary/aromatic N) is 5. The average Bonchev–Trinajstić information content (AvgIpc) is 3.32. The predicted molar refractivity (Wildman–Crippen MR) is 109 cm³/mol. The summed E-state index contributed by atoms with van der Waals surface area (Å²) in [5.41, 5.74) is 8.33. The number of rotatable bonds is 4. The summed E-state index contributed by atoms with van der Waals surface area (Å²) in [7, 11) is 0. The third-order valence-electron chi connectivity index (χ3n) is 7.09. The molecule has 4 fully saturated rings. The minimum Gasteiger partial charge on any atom is -0.383 e. The fourth-order valence-corrected chi connectivity index (χ4v) is 5.35. The van der Waals surface area contributed by atoms with E-state index in [1.54, 1.807) is 0 Å². The van der Waals surface area contributed by atoms with Gasteiger partial charge in [0.05, 0.1) is 18.8 Å². The summed E-state index contributed by atoms with van der Waals surface area (Å²) < 4.78 is 33.0. The van der Waals surface area contributed by atoms with Crippen LogP contribution in [0.3, 0.4) is 0 Å². The molecule has 5 atom stereocenters. The van der Waals surface area contributed by atoms with Crippen molar-refractivity contribution in [3.8, 4) is 11.4 Å². The van der Waals surface area contributed by atoms with Crippen LogP contribution in [0.25, 0.3) is 11.4 Å². The molecule has 5 unspecified atom stereocenters. The van der Waals surface area contributed by atoms with E-state index in [0.29, 0.717) is 42.3 Å². The van der Waals surface area contributed by atoms with Crippen LogP contribution >= 0.6 is 0 Å². The molecule has 6 rings (SSSR count). The molecule has 0 aromatic carbocycles. The largest absolute Gasteiger partial charge is 0.383 e. The highest BCUT2D eigenvalue weighted by Crippen LogP contribution is 2.44. The maximum atomic E-state index is 13.5. The van der Waals surface area contributed by atoms with Crippen LogP contribution in [0.4, 0.5) is 14.6 Å². The van der Waals surface area contributed by atoms with Crippen LogP contribution in [0.1, 0.15) is 55.5 Å². The number of halogens is 2. The molecule has 1 saturated carbocycles. The Morgan fingerprint density at radius 1 is 1.19 bits per heavy atom. The summed E-state index contributed by atoms with van der Waals surface area (Å²) in [6.07, 6.45) is 2.09. The molecule has 3 saturated heterocycles. The van der Waals surface area contributed by atoms with Crippen molar-refractivity contribution in [2.75, 3.05) is 32.0 Å².